The number of nitro groups is 1. The van der Waals surface area contributed by atoms with Gasteiger partial charge < -0.3 is 0 Å². The minimum absolute atomic E-state index is 0.0670. The molecule has 142 valence electrons. The average Bonchev–Trinajstić information content (AvgIpc) is 2.76. The van der Waals surface area contributed by atoms with E-state index in [1.54, 1.807) is 6.21 Å². The first-order chi connectivity index (χ1) is 14.1. The first-order valence-electron chi connectivity index (χ1n) is 9.04. The summed E-state index contributed by atoms with van der Waals surface area (Å²) in [5.74, 6) is -0.433. The Labute approximate surface area is 166 Å². The summed E-state index contributed by atoms with van der Waals surface area (Å²) < 4.78 is 0. The van der Waals surface area contributed by atoms with Gasteiger partial charge >= 0.3 is 0 Å². The minimum atomic E-state index is -0.506. The fourth-order valence-electron chi connectivity index (χ4n) is 3.47. The molecular formula is C23H17N3O3. The Morgan fingerprint density at radius 1 is 0.897 bits per heavy atom. The number of amides is 1. The Hall–Kier alpha value is -4.06. The number of benzene rings is 4. The number of carbonyl (C=O) groups is 1. The van der Waals surface area contributed by atoms with Crippen molar-refractivity contribution in [1.82, 2.24) is 5.43 Å². The Kier molecular flexibility index (Phi) is 4.75. The Morgan fingerprint density at radius 3 is 1.93 bits per heavy atom. The van der Waals surface area contributed by atoms with Crippen LogP contribution in [-0.4, -0.2) is 17.0 Å². The molecule has 0 saturated heterocycles. The molecule has 1 N–H and O–H groups in total. The third kappa shape index (κ3) is 3.43. The standard InChI is InChI=1S/C23H17N3O3/c1-15-18-6-2-4-8-20(18)22(21-9-5-3-7-19(15)21)14-24-25-23(27)16-10-12-17(13-11-16)26(28)29/h2-14H,1H3,(H,25,27)/b24-14+. The fraction of sp³-hybridized carbons (Fsp3) is 0.0435. The first-order valence-corrected chi connectivity index (χ1v) is 9.04. The van der Waals surface area contributed by atoms with Crippen LogP contribution < -0.4 is 5.43 Å². The van der Waals surface area contributed by atoms with Crippen LogP contribution in [0.2, 0.25) is 0 Å². The molecule has 0 aromatic heterocycles. The van der Waals surface area contributed by atoms with E-state index in [9.17, 15) is 14.9 Å². The van der Waals surface area contributed by atoms with Crippen LogP contribution in [0.4, 0.5) is 5.69 Å². The van der Waals surface area contributed by atoms with E-state index in [-0.39, 0.29) is 5.69 Å². The smallest absolute Gasteiger partial charge is 0.267 e. The van der Waals surface area contributed by atoms with Gasteiger partial charge in [-0.1, -0.05) is 48.5 Å². The van der Waals surface area contributed by atoms with E-state index in [1.807, 2.05) is 36.4 Å². The van der Waals surface area contributed by atoms with Crippen molar-refractivity contribution in [2.24, 2.45) is 5.10 Å². The largest absolute Gasteiger partial charge is 0.271 e. The van der Waals surface area contributed by atoms with Crippen molar-refractivity contribution in [2.45, 2.75) is 6.92 Å². The molecule has 0 aliphatic rings. The normalized spacial score (nSPS) is 11.2. The molecule has 0 spiro atoms. The van der Waals surface area contributed by atoms with Gasteiger partial charge in [0.05, 0.1) is 11.1 Å². The van der Waals surface area contributed by atoms with E-state index in [1.165, 1.54) is 29.8 Å². The number of hydrogen-bond acceptors (Lipinski definition) is 4. The van der Waals surface area contributed by atoms with Gasteiger partial charge in [0.25, 0.3) is 11.6 Å². The van der Waals surface area contributed by atoms with Crippen LogP contribution in [-0.2, 0) is 0 Å². The van der Waals surface area contributed by atoms with Gasteiger partial charge in [0.15, 0.2) is 0 Å². The molecule has 1 amide bonds. The number of nitrogens with zero attached hydrogens (tertiary/aromatic N) is 2. The summed E-state index contributed by atoms with van der Waals surface area (Å²) in [5, 5.41) is 19.3. The summed E-state index contributed by atoms with van der Waals surface area (Å²) in [6, 6.07) is 21.6. The van der Waals surface area contributed by atoms with Crippen LogP contribution in [0.5, 0.6) is 0 Å². The number of aryl methyl sites for hydroxylation is 1. The highest BCUT2D eigenvalue weighted by Crippen LogP contribution is 2.31. The molecule has 0 radical (unpaired) electrons. The van der Waals surface area contributed by atoms with E-state index >= 15 is 0 Å². The molecule has 0 atom stereocenters. The van der Waals surface area contributed by atoms with Gasteiger partial charge in [-0.15, -0.1) is 0 Å². The Balaban J connectivity index is 1.68. The van der Waals surface area contributed by atoms with Crippen LogP contribution in [0, 0.1) is 17.0 Å². The number of nitro benzene ring substituents is 1. The predicted octanol–water partition coefficient (Wildman–Crippen LogP) is 4.97. The molecule has 6 heteroatoms. The second kappa shape index (κ2) is 7.52. The van der Waals surface area contributed by atoms with Crippen molar-refractivity contribution >= 4 is 39.4 Å². The molecular weight excluding hydrogens is 366 g/mol. The van der Waals surface area contributed by atoms with Crippen LogP contribution >= 0.6 is 0 Å². The number of carbonyl (C=O) groups excluding carboxylic acids is 1. The van der Waals surface area contributed by atoms with Crippen molar-refractivity contribution in [3.63, 3.8) is 0 Å². The maximum atomic E-state index is 12.3. The molecule has 0 aliphatic heterocycles. The zero-order chi connectivity index (χ0) is 20.4. The number of rotatable bonds is 4. The molecule has 6 nitrogen and oxygen atoms in total. The number of hydrazone groups is 1. The molecule has 0 heterocycles. The van der Waals surface area contributed by atoms with Crippen molar-refractivity contribution in [3.8, 4) is 0 Å². The van der Waals surface area contributed by atoms with Crippen LogP contribution in [0.3, 0.4) is 0 Å². The number of non-ortho nitro benzene ring substituents is 1. The zero-order valence-electron chi connectivity index (χ0n) is 15.6. The molecule has 0 unspecified atom stereocenters. The molecule has 0 saturated carbocycles. The predicted molar refractivity (Wildman–Crippen MR) is 114 cm³/mol. The molecule has 0 bridgehead atoms. The summed E-state index contributed by atoms with van der Waals surface area (Å²) in [5.41, 5.74) is 4.85. The minimum Gasteiger partial charge on any atom is -0.267 e. The van der Waals surface area contributed by atoms with Crippen molar-refractivity contribution < 1.29 is 9.72 Å². The van der Waals surface area contributed by atoms with E-state index in [4.69, 9.17) is 0 Å². The highest BCUT2D eigenvalue weighted by atomic mass is 16.6. The van der Waals surface area contributed by atoms with Crippen molar-refractivity contribution in [3.05, 3.63) is 99.6 Å². The van der Waals surface area contributed by atoms with Crippen molar-refractivity contribution in [2.75, 3.05) is 0 Å². The summed E-state index contributed by atoms with van der Waals surface area (Å²) in [6.07, 6.45) is 1.65. The maximum absolute atomic E-state index is 12.3. The lowest BCUT2D eigenvalue weighted by molar-refractivity contribution is -0.384. The van der Waals surface area contributed by atoms with Gasteiger partial charge in [0.2, 0.25) is 0 Å². The van der Waals surface area contributed by atoms with Crippen LogP contribution in [0.1, 0.15) is 21.5 Å². The lowest BCUT2D eigenvalue weighted by atomic mass is 9.93. The van der Waals surface area contributed by atoms with Gasteiger partial charge in [0, 0.05) is 23.3 Å². The fourth-order valence-corrected chi connectivity index (χ4v) is 3.47. The maximum Gasteiger partial charge on any atom is 0.271 e. The van der Waals surface area contributed by atoms with E-state index < -0.39 is 10.8 Å². The highest BCUT2D eigenvalue weighted by molar-refractivity contribution is 6.15. The summed E-state index contributed by atoms with van der Waals surface area (Å²) in [4.78, 5) is 22.5. The highest BCUT2D eigenvalue weighted by Gasteiger charge is 2.11. The molecule has 4 aromatic rings. The van der Waals surface area contributed by atoms with Gasteiger partial charge in [-0.05, 0) is 46.2 Å². The quantitative estimate of drug-likeness (QED) is 0.234. The number of nitrogens with one attached hydrogen (secondary N) is 1. The first kappa shape index (κ1) is 18.3. The van der Waals surface area contributed by atoms with E-state index in [0.717, 1.165) is 27.1 Å². The lowest BCUT2D eigenvalue weighted by Crippen LogP contribution is -2.17. The monoisotopic (exact) mass is 383 g/mol. The molecule has 4 aromatic carbocycles. The molecule has 4 rings (SSSR count). The van der Waals surface area contributed by atoms with Crippen LogP contribution in [0.25, 0.3) is 21.5 Å². The number of fused-ring (bicyclic) bond motifs is 2. The van der Waals surface area contributed by atoms with E-state index in [2.05, 4.69) is 29.6 Å². The molecule has 0 aliphatic carbocycles. The average molecular weight is 383 g/mol. The van der Waals surface area contributed by atoms with Crippen LogP contribution in [0.15, 0.2) is 77.9 Å². The summed E-state index contributed by atoms with van der Waals surface area (Å²) in [6.45, 7) is 2.10. The Morgan fingerprint density at radius 2 is 1.41 bits per heavy atom. The van der Waals surface area contributed by atoms with Gasteiger partial charge in [-0.3, -0.25) is 14.9 Å². The molecule has 29 heavy (non-hydrogen) atoms. The topological polar surface area (TPSA) is 84.6 Å². The third-order valence-electron chi connectivity index (χ3n) is 4.94. The summed E-state index contributed by atoms with van der Waals surface area (Å²) >= 11 is 0. The lowest BCUT2D eigenvalue weighted by Gasteiger charge is -2.11. The summed E-state index contributed by atoms with van der Waals surface area (Å²) in [7, 11) is 0. The number of hydrogen-bond donors (Lipinski definition) is 1. The molecule has 0 fully saturated rings. The zero-order valence-corrected chi connectivity index (χ0v) is 15.6. The van der Waals surface area contributed by atoms with Gasteiger partial charge in [0.1, 0.15) is 0 Å². The Bertz CT molecular complexity index is 1220. The second-order valence-corrected chi connectivity index (χ2v) is 6.63. The SMILES string of the molecule is Cc1c2ccccc2c(/C=N/NC(=O)c2ccc([N+](=O)[O-])cc2)c2ccccc12. The van der Waals surface area contributed by atoms with Crippen molar-refractivity contribution in [1.29, 1.82) is 0 Å². The third-order valence-corrected chi connectivity index (χ3v) is 4.94. The van der Waals surface area contributed by atoms with E-state index in [0.29, 0.717) is 5.56 Å². The van der Waals surface area contributed by atoms with Gasteiger partial charge in [-0.2, -0.15) is 5.10 Å². The second-order valence-electron chi connectivity index (χ2n) is 6.63. The van der Waals surface area contributed by atoms with Gasteiger partial charge in [-0.25, -0.2) is 5.43 Å².